The number of unbranched alkanes of at least 4 members (excludes halogenated alkanes) is 6. The van der Waals surface area contributed by atoms with Gasteiger partial charge < -0.3 is 10.1 Å². The number of rotatable bonds is 9. The molecule has 1 aliphatic heterocycles. The van der Waals surface area contributed by atoms with Crippen molar-refractivity contribution in [1.82, 2.24) is 0 Å². The number of hydrogen-bond donors (Lipinski definition) is 1. The Labute approximate surface area is 123 Å². The first-order valence-corrected chi connectivity index (χ1v) is 8.27. The molecule has 0 amide bonds. The van der Waals surface area contributed by atoms with Gasteiger partial charge in [-0.2, -0.15) is 0 Å². The van der Waals surface area contributed by atoms with Gasteiger partial charge in [0, 0.05) is 18.2 Å². The number of hydrogen-bond acceptors (Lipinski definition) is 2. The van der Waals surface area contributed by atoms with E-state index in [9.17, 15) is 0 Å². The highest BCUT2D eigenvalue weighted by atomic mass is 16.5. The number of nitrogens with one attached hydrogen (secondary N) is 1. The van der Waals surface area contributed by atoms with Crippen LogP contribution in [0.3, 0.4) is 0 Å². The van der Waals surface area contributed by atoms with Gasteiger partial charge in [-0.1, -0.05) is 51.9 Å². The van der Waals surface area contributed by atoms with Crippen LogP contribution in [-0.4, -0.2) is 13.7 Å². The van der Waals surface area contributed by atoms with E-state index in [1.807, 2.05) is 6.07 Å². The molecule has 2 nitrogen and oxygen atoms in total. The maximum absolute atomic E-state index is 5.34. The lowest BCUT2D eigenvalue weighted by Gasteiger charge is -2.11. The van der Waals surface area contributed by atoms with E-state index in [0.717, 1.165) is 12.3 Å². The minimum atomic E-state index is 0.677. The summed E-state index contributed by atoms with van der Waals surface area (Å²) in [5.74, 6) is 1.66. The second kappa shape index (κ2) is 8.18. The van der Waals surface area contributed by atoms with Gasteiger partial charge in [0.15, 0.2) is 0 Å². The van der Waals surface area contributed by atoms with Crippen molar-refractivity contribution >= 4 is 5.69 Å². The Kier molecular flexibility index (Phi) is 6.23. The van der Waals surface area contributed by atoms with E-state index in [2.05, 4.69) is 24.4 Å². The van der Waals surface area contributed by atoms with Gasteiger partial charge >= 0.3 is 0 Å². The molecule has 112 valence electrons. The summed E-state index contributed by atoms with van der Waals surface area (Å²) in [7, 11) is 1.75. The predicted molar refractivity (Wildman–Crippen MR) is 86.8 cm³/mol. The van der Waals surface area contributed by atoms with Gasteiger partial charge in [0.05, 0.1) is 7.11 Å². The lowest BCUT2D eigenvalue weighted by molar-refractivity contribution is 0.414. The molecule has 0 aliphatic carbocycles. The number of ether oxygens (including phenoxy) is 1. The monoisotopic (exact) mass is 275 g/mol. The topological polar surface area (TPSA) is 21.3 Å². The first-order valence-electron chi connectivity index (χ1n) is 8.27. The molecule has 0 radical (unpaired) electrons. The number of benzene rings is 1. The van der Waals surface area contributed by atoms with Crippen LogP contribution in [0.1, 0.15) is 69.8 Å². The highest BCUT2D eigenvalue weighted by molar-refractivity contribution is 5.60. The Hall–Kier alpha value is -1.18. The van der Waals surface area contributed by atoms with Gasteiger partial charge in [-0.3, -0.25) is 0 Å². The molecule has 1 aliphatic rings. The first kappa shape index (κ1) is 15.2. The van der Waals surface area contributed by atoms with Crippen molar-refractivity contribution in [2.24, 2.45) is 0 Å². The minimum absolute atomic E-state index is 0.677. The smallest absolute Gasteiger partial charge is 0.119 e. The predicted octanol–water partition coefficient (Wildman–Crippen LogP) is 5.35. The van der Waals surface area contributed by atoms with Gasteiger partial charge in [-0.25, -0.2) is 0 Å². The van der Waals surface area contributed by atoms with Crippen LogP contribution in [0.4, 0.5) is 5.69 Å². The highest BCUT2D eigenvalue weighted by Gasteiger charge is 2.21. The maximum Gasteiger partial charge on any atom is 0.119 e. The standard InChI is InChI=1S/C18H29NO/c1-3-4-5-6-7-8-9-10-15-14-19-18-12-11-16(20-2)13-17(15)18/h11-13,15,19H,3-10,14H2,1-2H3. The molecule has 0 bridgehead atoms. The van der Waals surface area contributed by atoms with E-state index in [1.54, 1.807) is 7.11 Å². The molecule has 1 aromatic carbocycles. The zero-order chi connectivity index (χ0) is 14.2. The van der Waals surface area contributed by atoms with Crippen molar-refractivity contribution in [2.75, 3.05) is 19.0 Å². The largest absolute Gasteiger partial charge is 0.497 e. The molecule has 0 saturated heterocycles. The lowest BCUT2D eigenvalue weighted by atomic mass is 9.94. The summed E-state index contributed by atoms with van der Waals surface area (Å²) in [6, 6.07) is 6.40. The van der Waals surface area contributed by atoms with Crippen LogP contribution in [-0.2, 0) is 0 Å². The fourth-order valence-electron chi connectivity index (χ4n) is 3.12. The molecule has 1 unspecified atom stereocenters. The van der Waals surface area contributed by atoms with Crippen molar-refractivity contribution in [2.45, 2.75) is 64.2 Å². The minimum Gasteiger partial charge on any atom is -0.497 e. The zero-order valence-electron chi connectivity index (χ0n) is 13.1. The van der Waals surface area contributed by atoms with Gasteiger partial charge in [0.25, 0.3) is 0 Å². The molecular formula is C18H29NO. The van der Waals surface area contributed by atoms with Crippen molar-refractivity contribution in [3.63, 3.8) is 0 Å². The molecule has 0 fully saturated rings. The van der Waals surface area contributed by atoms with Crippen molar-refractivity contribution in [1.29, 1.82) is 0 Å². The third-order valence-electron chi connectivity index (χ3n) is 4.39. The summed E-state index contributed by atoms with van der Waals surface area (Å²) in [6.45, 7) is 3.37. The molecule has 2 heteroatoms. The molecule has 0 aromatic heterocycles. The van der Waals surface area contributed by atoms with E-state index in [-0.39, 0.29) is 0 Å². The molecule has 0 saturated carbocycles. The molecule has 1 aromatic rings. The van der Waals surface area contributed by atoms with Gasteiger partial charge in [0.2, 0.25) is 0 Å². The maximum atomic E-state index is 5.34. The van der Waals surface area contributed by atoms with Crippen LogP contribution in [0.2, 0.25) is 0 Å². The number of methoxy groups -OCH3 is 1. The summed E-state index contributed by atoms with van der Waals surface area (Å²) in [6.07, 6.45) is 11.0. The van der Waals surface area contributed by atoms with E-state index in [0.29, 0.717) is 5.92 Å². The highest BCUT2D eigenvalue weighted by Crippen LogP contribution is 2.37. The molecule has 1 atom stereocenters. The van der Waals surface area contributed by atoms with Crippen LogP contribution in [0.25, 0.3) is 0 Å². The van der Waals surface area contributed by atoms with Gasteiger partial charge in [-0.05, 0) is 30.2 Å². The quantitative estimate of drug-likeness (QED) is 0.614. The fraction of sp³-hybridized carbons (Fsp3) is 0.667. The Morgan fingerprint density at radius 1 is 1.10 bits per heavy atom. The Morgan fingerprint density at radius 3 is 2.60 bits per heavy atom. The van der Waals surface area contributed by atoms with E-state index in [4.69, 9.17) is 4.74 Å². The Bertz CT molecular complexity index is 402. The Balaban J connectivity index is 1.71. The fourth-order valence-corrected chi connectivity index (χ4v) is 3.12. The number of anilines is 1. The SMILES string of the molecule is CCCCCCCCCC1CNc2ccc(OC)cc21. The average molecular weight is 275 g/mol. The van der Waals surface area contributed by atoms with E-state index >= 15 is 0 Å². The van der Waals surface area contributed by atoms with Crippen molar-refractivity contribution in [3.8, 4) is 5.75 Å². The van der Waals surface area contributed by atoms with Crippen molar-refractivity contribution < 1.29 is 4.74 Å². The molecule has 20 heavy (non-hydrogen) atoms. The zero-order valence-corrected chi connectivity index (χ0v) is 13.1. The second-order valence-corrected chi connectivity index (χ2v) is 5.94. The van der Waals surface area contributed by atoms with E-state index in [1.165, 1.54) is 62.6 Å². The molecule has 1 N–H and O–H groups in total. The third kappa shape index (κ3) is 4.16. The normalized spacial score (nSPS) is 16.8. The second-order valence-electron chi connectivity index (χ2n) is 5.94. The van der Waals surface area contributed by atoms with Crippen LogP contribution in [0.5, 0.6) is 5.75 Å². The van der Waals surface area contributed by atoms with Gasteiger partial charge in [-0.15, -0.1) is 0 Å². The summed E-state index contributed by atoms with van der Waals surface area (Å²) in [5.41, 5.74) is 2.76. The Morgan fingerprint density at radius 2 is 1.85 bits per heavy atom. The van der Waals surface area contributed by atoms with Crippen molar-refractivity contribution in [3.05, 3.63) is 23.8 Å². The first-order chi connectivity index (χ1) is 9.85. The van der Waals surface area contributed by atoms with Crippen LogP contribution in [0.15, 0.2) is 18.2 Å². The molecule has 2 rings (SSSR count). The third-order valence-corrected chi connectivity index (χ3v) is 4.39. The molecule has 0 spiro atoms. The summed E-state index contributed by atoms with van der Waals surface area (Å²) in [4.78, 5) is 0. The number of fused-ring (bicyclic) bond motifs is 1. The lowest BCUT2D eigenvalue weighted by Crippen LogP contribution is -2.01. The summed E-state index contributed by atoms with van der Waals surface area (Å²) < 4.78 is 5.34. The average Bonchev–Trinajstić information content (AvgIpc) is 2.88. The summed E-state index contributed by atoms with van der Waals surface area (Å²) >= 11 is 0. The van der Waals surface area contributed by atoms with Crippen LogP contribution >= 0.6 is 0 Å². The molecular weight excluding hydrogens is 246 g/mol. The molecule has 1 heterocycles. The van der Waals surface area contributed by atoms with Crippen LogP contribution < -0.4 is 10.1 Å². The van der Waals surface area contributed by atoms with Gasteiger partial charge in [0.1, 0.15) is 5.75 Å². The summed E-state index contributed by atoms with van der Waals surface area (Å²) in [5, 5.41) is 3.51. The van der Waals surface area contributed by atoms with E-state index < -0.39 is 0 Å². The van der Waals surface area contributed by atoms with Crippen LogP contribution in [0, 0.1) is 0 Å².